The van der Waals surface area contributed by atoms with Gasteiger partial charge >= 0.3 is 0 Å². The SMILES string of the molecule is COc1ccc(C(Cc2nc(C)c(C)s2)NN)cc1OC. The fraction of sp³-hybridized carbons (Fsp3) is 0.400. The summed E-state index contributed by atoms with van der Waals surface area (Å²) in [6.45, 7) is 4.11. The zero-order chi connectivity index (χ0) is 15.4. The Morgan fingerprint density at radius 2 is 1.95 bits per heavy atom. The highest BCUT2D eigenvalue weighted by atomic mass is 32.1. The fourth-order valence-electron chi connectivity index (χ4n) is 2.14. The first-order valence-corrected chi connectivity index (χ1v) is 7.51. The normalized spacial score (nSPS) is 12.2. The molecule has 0 amide bonds. The van der Waals surface area contributed by atoms with Crippen LogP contribution in [0.5, 0.6) is 11.5 Å². The molecule has 0 saturated heterocycles. The van der Waals surface area contributed by atoms with Gasteiger partial charge in [0.25, 0.3) is 0 Å². The quantitative estimate of drug-likeness (QED) is 0.634. The molecule has 0 radical (unpaired) electrons. The van der Waals surface area contributed by atoms with E-state index in [9.17, 15) is 0 Å². The molecule has 5 nitrogen and oxygen atoms in total. The Morgan fingerprint density at radius 3 is 2.48 bits per heavy atom. The van der Waals surface area contributed by atoms with Crippen molar-refractivity contribution in [2.45, 2.75) is 26.3 Å². The Bertz CT molecular complexity index is 593. The number of ether oxygens (including phenoxy) is 2. The van der Waals surface area contributed by atoms with Crippen molar-refractivity contribution in [3.8, 4) is 11.5 Å². The highest BCUT2D eigenvalue weighted by molar-refractivity contribution is 7.11. The predicted octanol–water partition coefficient (Wildman–Crippen LogP) is 2.52. The molecule has 21 heavy (non-hydrogen) atoms. The third kappa shape index (κ3) is 3.53. The van der Waals surface area contributed by atoms with Crippen LogP contribution in [0.2, 0.25) is 0 Å². The molecule has 0 aliphatic heterocycles. The van der Waals surface area contributed by atoms with Gasteiger partial charge in [-0.3, -0.25) is 11.3 Å². The second kappa shape index (κ2) is 6.89. The third-order valence-electron chi connectivity index (χ3n) is 3.46. The lowest BCUT2D eigenvalue weighted by atomic mass is 10.0. The van der Waals surface area contributed by atoms with E-state index >= 15 is 0 Å². The van der Waals surface area contributed by atoms with E-state index in [0.29, 0.717) is 11.5 Å². The maximum Gasteiger partial charge on any atom is 0.161 e. The molecule has 1 aromatic carbocycles. The van der Waals surface area contributed by atoms with Gasteiger partial charge in [0.2, 0.25) is 0 Å². The maximum absolute atomic E-state index is 5.71. The summed E-state index contributed by atoms with van der Waals surface area (Å²) < 4.78 is 10.6. The van der Waals surface area contributed by atoms with Crippen molar-refractivity contribution in [2.75, 3.05) is 14.2 Å². The Kier molecular flexibility index (Phi) is 5.17. The second-order valence-electron chi connectivity index (χ2n) is 4.79. The van der Waals surface area contributed by atoms with Crippen molar-refractivity contribution >= 4 is 11.3 Å². The van der Waals surface area contributed by atoms with Crippen molar-refractivity contribution in [1.82, 2.24) is 10.4 Å². The third-order valence-corrected chi connectivity index (χ3v) is 4.56. The smallest absolute Gasteiger partial charge is 0.161 e. The van der Waals surface area contributed by atoms with Gasteiger partial charge in [-0.25, -0.2) is 4.98 Å². The molecule has 1 heterocycles. The van der Waals surface area contributed by atoms with Crippen molar-refractivity contribution in [3.05, 3.63) is 39.3 Å². The largest absolute Gasteiger partial charge is 0.493 e. The van der Waals surface area contributed by atoms with E-state index < -0.39 is 0 Å². The lowest BCUT2D eigenvalue weighted by molar-refractivity contribution is 0.353. The molecule has 0 saturated carbocycles. The Labute approximate surface area is 129 Å². The van der Waals surface area contributed by atoms with E-state index in [1.54, 1.807) is 25.6 Å². The summed E-state index contributed by atoms with van der Waals surface area (Å²) in [4.78, 5) is 5.81. The minimum absolute atomic E-state index is 0.0187. The first-order valence-electron chi connectivity index (χ1n) is 6.70. The van der Waals surface area contributed by atoms with Crippen LogP contribution in [0.15, 0.2) is 18.2 Å². The summed E-state index contributed by atoms with van der Waals surface area (Å²) in [5, 5.41) is 1.07. The molecular formula is C15H21N3O2S. The monoisotopic (exact) mass is 307 g/mol. The van der Waals surface area contributed by atoms with Gasteiger partial charge in [0.1, 0.15) is 0 Å². The molecule has 0 fully saturated rings. The molecule has 1 atom stereocenters. The number of aromatic nitrogens is 1. The van der Waals surface area contributed by atoms with Crippen LogP contribution in [-0.4, -0.2) is 19.2 Å². The lowest BCUT2D eigenvalue weighted by Gasteiger charge is -2.17. The van der Waals surface area contributed by atoms with Gasteiger partial charge < -0.3 is 9.47 Å². The van der Waals surface area contributed by atoms with Gasteiger partial charge in [-0.2, -0.15) is 0 Å². The zero-order valence-electron chi connectivity index (χ0n) is 12.8. The van der Waals surface area contributed by atoms with E-state index in [2.05, 4.69) is 17.3 Å². The van der Waals surface area contributed by atoms with E-state index in [4.69, 9.17) is 15.3 Å². The van der Waals surface area contributed by atoms with Gasteiger partial charge in [-0.1, -0.05) is 6.07 Å². The van der Waals surface area contributed by atoms with Crippen LogP contribution in [0, 0.1) is 13.8 Å². The number of hydrogen-bond donors (Lipinski definition) is 2. The molecule has 114 valence electrons. The molecule has 2 rings (SSSR count). The molecule has 3 N–H and O–H groups in total. The van der Waals surface area contributed by atoms with Crippen molar-refractivity contribution < 1.29 is 9.47 Å². The average Bonchev–Trinajstić information content (AvgIpc) is 2.82. The predicted molar refractivity (Wildman–Crippen MR) is 84.9 cm³/mol. The topological polar surface area (TPSA) is 69.4 Å². The molecule has 2 aromatic rings. The number of aryl methyl sites for hydroxylation is 2. The van der Waals surface area contributed by atoms with E-state index in [1.807, 2.05) is 25.1 Å². The number of rotatable bonds is 6. The van der Waals surface area contributed by atoms with Gasteiger partial charge in [0.15, 0.2) is 11.5 Å². The standard InChI is InChI=1S/C15H21N3O2S/c1-9-10(2)21-15(17-9)8-12(18-16)11-5-6-13(19-3)14(7-11)20-4/h5-7,12,18H,8,16H2,1-4H3. The van der Waals surface area contributed by atoms with E-state index in [1.165, 1.54) is 4.88 Å². The summed E-state index contributed by atoms with van der Waals surface area (Å²) in [5.74, 6) is 7.12. The van der Waals surface area contributed by atoms with E-state index in [0.717, 1.165) is 22.7 Å². The van der Waals surface area contributed by atoms with Crippen molar-refractivity contribution in [3.63, 3.8) is 0 Å². The van der Waals surface area contributed by atoms with E-state index in [-0.39, 0.29) is 6.04 Å². The number of hydrogen-bond acceptors (Lipinski definition) is 6. The van der Waals surface area contributed by atoms with Crippen LogP contribution < -0.4 is 20.7 Å². The molecule has 0 aliphatic carbocycles. The highest BCUT2D eigenvalue weighted by Crippen LogP contribution is 2.31. The number of nitrogens with one attached hydrogen (secondary N) is 1. The first kappa shape index (κ1) is 15.8. The van der Waals surface area contributed by atoms with Crippen LogP contribution in [0.4, 0.5) is 0 Å². The van der Waals surface area contributed by atoms with Crippen LogP contribution in [-0.2, 0) is 6.42 Å². The number of nitrogens with two attached hydrogens (primary N) is 1. The molecular weight excluding hydrogens is 286 g/mol. The van der Waals surface area contributed by atoms with Crippen LogP contribution >= 0.6 is 11.3 Å². The summed E-state index contributed by atoms with van der Waals surface area (Å²) in [5.41, 5.74) is 4.98. The average molecular weight is 307 g/mol. The minimum atomic E-state index is -0.0187. The number of benzene rings is 1. The number of methoxy groups -OCH3 is 2. The van der Waals surface area contributed by atoms with Gasteiger partial charge in [0, 0.05) is 11.3 Å². The second-order valence-corrected chi connectivity index (χ2v) is 6.07. The summed E-state index contributed by atoms with van der Waals surface area (Å²) in [7, 11) is 3.25. The minimum Gasteiger partial charge on any atom is -0.493 e. The maximum atomic E-state index is 5.71. The Hall–Kier alpha value is -1.63. The summed E-state index contributed by atoms with van der Waals surface area (Å²) in [6, 6.07) is 5.79. The molecule has 1 unspecified atom stereocenters. The molecule has 1 aromatic heterocycles. The molecule has 0 aliphatic rings. The van der Waals surface area contributed by atoms with Gasteiger partial charge in [0.05, 0.1) is 31.0 Å². The molecule has 6 heteroatoms. The Morgan fingerprint density at radius 1 is 1.24 bits per heavy atom. The number of hydrazine groups is 1. The summed E-state index contributed by atoms with van der Waals surface area (Å²) in [6.07, 6.45) is 0.741. The highest BCUT2D eigenvalue weighted by Gasteiger charge is 2.16. The fourth-order valence-corrected chi connectivity index (χ4v) is 3.12. The van der Waals surface area contributed by atoms with Crippen molar-refractivity contribution in [1.29, 1.82) is 0 Å². The molecule has 0 bridgehead atoms. The Balaban J connectivity index is 2.24. The number of thiazole rings is 1. The summed E-state index contributed by atoms with van der Waals surface area (Å²) >= 11 is 1.71. The molecule has 0 spiro atoms. The van der Waals surface area contributed by atoms with Crippen LogP contribution in [0.25, 0.3) is 0 Å². The van der Waals surface area contributed by atoms with Gasteiger partial charge in [-0.15, -0.1) is 11.3 Å². The first-order chi connectivity index (χ1) is 10.1. The zero-order valence-corrected chi connectivity index (χ0v) is 13.6. The van der Waals surface area contributed by atoms with Crippen LogP contribution in [0.3, 0.4) is 0 Å². The van der Waals surface area contributed by atoms with Crippen molar-refractivity contribution in [2.24, 2.45) is 5.84 Å². The number of nitrogens with zero attached hydrogens (tertiary/aromatic N) is 1. The van der Waals surface area contributed by atoms with Gasteiger partial charge in [-0.05, 0) is 31.5 Å². The lowest BCUT2D eigenvalue weighted by Crippen LogP contribution is -2.29. The van der Waals surface area contributed by atoms with Crippen LogP contribution in [0.1, 0.15) is 27.2 Å².